The van der Waals surface area contributed by atoms with Gasteiger partial charge in [-0.15, -0.1) is 12.4 Å². The molecule has 1 aliphatic rings. The lowest BCUT2D eigenvalue weighted by atomic mass is 9.82. The summed E-state index contributed by atoms with van der Waals surface area (Å²) < 4.78 is 25.5. The minimum absolute atomic E-state index is 0. The highest BCUT2D eigenvalue weighted by molar-refractivity contribution is 5.97. The maximum absolute atomic E-state index is 12.2. The molecule has 1 fully saturated rings. The minimum atomic E-state index is -2.47. The van der Waals surface area contributed by atoms with Crippen molar-refractivity contribution < 1.29 is 13.6 Å². The van der Waals surface area contributed by atoms with E-state index in [1.54, 1.807) is 0 Å². The molecule has 0 saturated heterocycles. The van der Waals surface area contributed by atoms with Crippen LogP contribution >= 0.6 is 12.4 Å². The Morgan fingerprint density at radius 3 is 2.70 bits per heavy atom. The van der Waals surface area contributed by atoms with Gasteiger partial charge in [-0.1, -0.05) is 19.3 Å². The zero-order valence-electron chi connectivity index (χ0n) is 11.0. The van der Waals surface area contributed by atoms with E-state index in [2.05, 4.69) is 10.4 Å². The number of anilines is 1. The molecule has 0 aromatic carbocycles. The highest BCUT2D eigenvalue weighted by atomic mass is 35.5. The Balaban J connectivity index is 0.00000200. The first-order valence-corrected chi connectivity index (χ1v) is 6.40. The van der Waals surface area contributed by atoms with Crippen molar-refractivity contribution >= 4 is 24.0 Å². The topological polar surface area (TPSA) is 72.9 Å². The number of hydrogen-bond donors (Lipinski definition) is 2. The first-order chi connectivity index (χ1) is 8.99. The van der Waals surface area contributed by atoms with Crippen LogP contribution in [0.15, 0.2) is 12.4 Å². The number of carbonyl (C=O) groups is 1. The standard InChI is InChI=1S/C12H18F2N4O.ClH/c13-10(14)8-18-7-9(6-16-18)17-11(19)12(15)4-2-1-3-5-12;/h6-7,10H,1-5,8,15H2,(H,17,19);1H. The van der Waals surface area contributed by atoms with Gasteiger partial charge in [0.15, 0.2) is 0 Å². The van der Waals surface area contributed by atoms with E-state index in [1.807, 2.05) is 0 Å². The van der Waals surface area contributed by atoms with Crippen LogP contribution in [0, 0.1) is 0 Å². The minimum Gasteiger partial charge on any atom is -0.322 e. The van der Waals surface area contributed by atoms with Crippen LogP contribution < -0.4 is 11.1 Å². The number of nitrogens with two attached hydrogens (primary N) is 1. The van der Waals surface area contributed by atoms with Crippen molar-refractivity contribution in [2.24, 2.45) is 5.73 Å². The number of carbonyl (C=O) groups excluding carboxylic acids is 1. The second-order valence-electron chi connectivity index (χ2n) is 5.01. The molecule has 0 aliphatic heterocycles. The molecule has 8 heteroatoms. The van der Waals surface area contributed by atoms with Crippen molar-refractivity contribution in [3.05, 3.63) is 12.4 Å². The predicted octanol–water partition coefficient (Wildman–Crippen LogP) is 2.17. The van der Waals surface area contributed by atoms with Crippen LogP contribution in [0.2, 0.25) is 0 Å². The lowest BCUT2D eigenvalue weighted by molar-refractivity contribution is -0.122. The second kappa shape index (κ2) is 6.99. The summed E-state index contributed by atoms with van der Waals surface area (Å²) in [5, 5.41) is 6.41. The van der Waals surface area contributed by atoms with Crippen LogP contribution in [0.25, 0.3) is 0 Å². The zero-order valence-corrected chi connectivity index (χ0v) is 11.8. The van der Waals surface area contributed by atoms with Gasteiger partial charge in [0, 0.05) is 6.20 Å². The fraction of sp³-hybridized carbons (Fsp3) is 0.667. The zero-order chi connectivity index (χ0) is 13.9. The Kier molecular flexibility index (Phi) is 5.88. The molecule has 2 rings (SSSR count). The molecule has 3 N–H and O–H groups in total. The average molecular weight is 309 g/mol. The van der Waals surface area contributed by atoms with Crippen molar-refractivity contribution in [1.29, 1.82) is 0 Å². The Labute approximate surface area is 122 Å². The maximum atomic E-state index is 12.2. The molecule has 114 valence electrons. The Morgan fingerprint density at radius 1 is 1.45 bits per heavy atom. The van der Waals surface area contributed by atoms with Gasteiger partial charge in [0.2, 0.25) is 5.91 Å². The van der Waals surface area contributed by atoms with Gasteiger partial charge in [-0.2, -0.15) is 5.10 Å². The van der Waals surface area contributed by atoms with E-state index in [-0.39, 0.29) is 18.3 Å². The number of nitrogens with zero attached hydrogens (tertiary/aromatic N) is 2. The van der Waals surface area contributed by atoms with E-state index in [1.165, 1.54) is 12.4 Å². The number of amides is 1. The van der Waals surface area contributed by atoms with Crippen LogP contribution in [0.3, 0.4) is 0 Å². The number of halogens is 3. The number of rotatable bonds is 4. The van der Waals surface area contributed by atoms with Gasteiger partial charge in [0.1, 0.15) is 6.54 Å². The van der Waals surface area contributed by atoms with Crippen LogP contribution in [0.4, 0.5) is 14.5 Å². The molecule has 1 aliphatic carbocycles. The maximum Gasteiger partial charge on any atom is 0.257 e. The van der Waals surface area contributed by atoms with Crippen LogP contribution in [0.5, 0.6) is 0 Å². The van der Waals surface area contributed by atoms with Gasteiger partial charge in [0.05, 0.1) is 17.4 Å². The van der Waals surface area contributed by atoms with Crippen molar-refractivity contribution in [3.8, 4) is 0 Å². The smallest absolute Gasteiger partial charge is 0.257 e. The van der Waals surface area contributed by atoms with Crippen molar-refractivity contribution in [1.82, 2.24) is 9.78 Å². The third kappa shape index (κ3) is 4.14. The van der Waals surface area contributed by atoms with Gasteiger partial charge in [-0.25, -0.2) is 8.78 Å². The number of nitrogens with one attached hydrogen (secondary N) is 1. The molecule has 1 heterocycles. The highest BCUT2D eigenvalue weighted by Crippen LogP contribution is 2.27. The normalized spacial score (nSPS) is 17.6. The SMILES string of the molecule is Cl.NC1(C(=O)Nc2cnn(CC(F)F)c2)CCCCC1. The summed E-state index contributed by atoms with van der Waals surface area (Å²) in [4.78, 5) is 12.1. The molecule has 1 aromatic rings. The summed E-state index contributed by atoms with van der Waals surface area (Å²) in [5.74, 6) is -0.260. The van der Waals surface area contributed by atoms with Crippen molar-refractivity contribution in [2.75, 3.05) is 5.32 Å². The second-order valence-corrected chi connectivity index (χ2v) is 5.01. The molecule has 1 aromatic heterocycles. The molecule has 5 nitrogen and oxygen atoms in total. The molecular formula is C12H19ClF2N4O. The quantitative estimate of drug-likeness (QED) is 0.895. The summed E-state index contributed by atoms with van der Waals surface area (Å²) in [7, 11) is 0. The predicted molar refractivity (Wildman–Crippen MR) is 74.1 cm³/mol. The lowest BCUT2D eigenvalue weighted by Gasteiger charge is -2.31. The van der Waals surface area contributed by atoms with Gasteiger partial charge in [-0.05, 0) is 12.8 Å². The van der Waals surface area contributed by atoms with E-state index in [0.29, 0.717) is 18.5 Å². The van der Waals surface area contributed by atoms with Gasteiger partial charge in [-0.3, -0.25) is 9.48 Å². The largest absolute Gasteiger partial charge is 0.322 e. The van der Waals surface area contributed by atoms with E-state index < -0.39 is 18.5 Å². The molecule has 0 unspecified atom stereocenters. The van der Waals surface area contributed by atoms with Crippen LogP contribution in [0.1, 0.15) is 32.1 Å². The van der Waals surface area contributed by atoms with Gasteiger partial charge < -0.3 is 11.1 Å². The van der Waals surface area contributed by atoms with Gasteiger partial charge in [0.25, 0.3) is 6.43 Å². The molecule has 0 atom stereocenters. The highest BCUT2D eigenvalue weighted by Gasteiger charge is 2.35. The summed E-state index contributed by atoms with van der Waals surface area (Å²) in [6, 6.07) is 0. The summed E-state index contributed by atoms with van der Waals surface area (Å²) in [6.07, 6.45) is 4.56. The molecule has 20 heavy (non-hydrogen) atoms. The third-order valence-corrected chi connectivity index (χ3v) is 3.41. The molecule has 0 bridgehead atoms. The Morgan fingerprint density at radius 2 is 2.10 bits per heavy atom. The summed E-state index contributed by atoms with van der Waals surface area (Å²) >= 11 is 0. The first kappa shape index (κ1) is 16.8. The fourth-order valence-corrected chi connectivity index (χ4v) is 2.33. The van der Waals surface area contributed by atoms with E-state index in [0.717, 1.165) is 23.9 Å². The van der Waals surface area contributed by atoms with Crippen molar-refractivity contribution in [2.45, 2.75) is 50.6 Å². The molecule has 0 radical (unpaired) electrons. The fourth-order valence-electron chi connectivity index (χ4n) is 2.33. The van der Waals surface area contributed by atoms with Crippen LogP contribution in [-0.2, 0) is 11.3 Å². The monoisotopic (exact) mass is 308 g/mol. The van der Waals surface area contributed by atoms with E-state index >= 15 is 0 Å². The lowest BCUT2D eigenvalue weighted by Crippen LogP contribution is -2.52. The van der Waals surface area contributed by atoms with Crippen LogP contribution in [-0.4, -0.2) is 27.7 Å². The van der Waals surface area contributed by atoms with E-state index in [4.69, 9.17) is 5.73 Å². The van der Waals surface area contributed by atoms with Gasteiger partial charge >= 0.3 is 0 Å². The Bertz CT molecular complexity index is 446. The molecule has 1 saturated carbocycles. The Hall–Kier alpha value is -1.21. The number of aromatic nitrogens is 2. The third-order valence-electron chi connectivity index (χ3n) is 3.41. The number of alkyl halides is 2. The first-order valence-electron chi connectivity index (χ1n) is 6.40. The number of hydrogen-bond acceptors (Lipinski definition) is 3. The molecule has 0 spiro atoms. The average Bonchev–Trinajstić information content (AvgIpc) is 2.76. The van der Waals surface area contributed by atoms with E-state index in [9.17, 15) is 13.6 Å². The molecular weight excluding hydrogens is 290 g/mol. The van der Waals surface area contributed by atoms with Crippen molar-refractivity contribution in [3.63, 3.8) is 0 Å². The summed E-state index contributed by atoms with van der Waals surface area (Å²) in [6.45, 7) is -0.483. The summed E-state index contributed by atoms with van der Waals surface area (Å²) in [5.41, 5.74) is 5.64. The molecule has 1 amide bonds.